The molecule has 9 nitrogen and oxygen atoms in total. The molecule has 0 saturated carbocycles. The fourth-order valence-corrected chi connectivity index (χ4v) is 3.42. The van der Waals surface area contributed by atoms with Crippen LogP contribution in [0.3, 0.4) is 0 Å². The Morgan fingerprint density at radius 2 is 2.00 bits per heavy atom. The molecule has 0 aliphatic carbocycles. The van der Waals surface area contributed by atoms with Crippen LogP contribution in [0.2, 0.25) is 0 Å². The minimum atomic E-state index is -0.159. The van der Waals surface area contributed by atoms with Crippen molar-refractivity contribution in [3.05, 3.63) is 54.1 Å². The summed E-state index contributed by atoms with van der Waals surface area (Å²) in [5, 5.41) is 17.6. The summed E-state index contributed by atoms with van der Waals surface area (Å²) in [6.45, 7) is 2.72. The maximum Gasteiger partial charge on any atom is 0.260 e. The van der Waals surface area contributed by atoms with Gasteiger partial charge in [0.1, 0.15) is 5.75 Å². The highest BCUT2D eigenvalue weighted by atomic mass is 32.1. The highest BCUT2D eigenvalue weighted by molar-refractivity contribution is 7.13. The second-order valence-corrected chi connectivity index (χ2v) is 7.30. The van der Waals surface area contributed by atoms with Gasteiger partial charge in [-0.1, -0.05) is 13.0 Å². The second-order valence-electron chi connectivity index (χ2n) is 6.35. The summed E-state index contributed by atoms with van der Waals surface area (Å²) in [7, 11) is 0. The topological polar surface area (TPSA) is 107 Å². The van der Waals surface area contributed by atoms with E-state index in [9.17, 15) is 4.79 Å². The number of amides is 1. The predicted molar refractivity (Wildman–Crippen MR) is 109 cm³/mol. The van der Waals surface area contributed by atoms with E-state index in [2.05, 4.69) is 20.4 Å². The molecule has 0 bridgehead atoms. The van der Waals surface area contributed by atoms with Gasteiger partial charge < -0.3 is 18.5 Å². The zero-order valence-electron chi connectivity index (χ0n) is 16.2. The normalized spacial score (nSPS) is 10.8. The van der Waals surface area contributed by atoms with Crippen LogP contribution < -0.4 is 4.74 Å². The van der Waals surface area contributed by atoms with Gasteiger partial charge in [-0.3, -0.25) is 4.79 Å². The predicted octanol–water partition coefficient (Wildman–Crippen LogP) is 3.67. The van der Waals surface area contributed by atoms with Crippen molar-refractivity contribution >= 4 is 17.2 Å². The van der Waals surface area contributed by atoms with Crippen molar-refractivity contribution in [1.29, 1.82) is 0 Å². The van der Waals surface area contributed by atoms with E-state index in [1.165, 1.54) is 17.7 Å². The first-order valence-electron chi connectivity index (χ1n) is 9.36. The number of thiophene rings is 1. The molecule has 0 aliphatic heterocycles. The minimum Gasteiger partial charge on any atom is -0.484 e. The maximum absolute atomic E-state index is 12.7. The van der Waals surface area contributed by atoms with Crippen LogP contribution in [-0.2, 0) is 11.3 Å². The van der Waals surface area contributed by atoms with Gasteiger partial charge in [-0.15, -0.1) is 31.7 Å². The fourth-order valence-electron chi connectivity index (χ4n) is 2.77. The van der Waals surface area contributed by atoms with Crippen molar-refractivity contribution in [2.75, 3.05) is 13.2 Å². The molecule has 10 heteroatoms. The van der Waals surface area contributed by atoms with E-state index < -0.39 is 0 Å². The molecule has 0 N–H and O–H groups in total. The molecule has 1 aromatic carbocycles. The molecule has 0 atom stereocenters. The molecule has 0 fully saturated rings. The van der Waals surface area contributed by atoms with Gasteiger partial charge in [0.05, 0.1) is 11.4 Å². The molecule has 1 amide bonds. The Morgan fingerprint density at radius 3 is 2.70 bits per heavy atom. The summed E-state index contributed by atoms with van der Waals surface area (Å²) < 4.78 is 16.5. The van der Waals surface area contributed by atoms with E-state index in [0.717, 1.165) is 16.9 Å². The molecule has 3 aromatic heterocycles. The summed E-state index contributed by atoms with van der Waals surface area (Å²) in [4.78, 5) is 15.2. The number of hydrogen-bond donors (Lipinski definition) is 0. The van der Waals surface area contributed by atoms with Crippen LogP contribution in [0.1, 0.15) is 19.2 Å². The van der Waals surface area contributed by atoms with Crippen molar-refractivity contribution < 1.29 is 18.4 Å². The van der Waals surface area contributed by atoms with Gasteiger partial charge in [-0.25, -0.2) is 0 Å². The number of aromatic nitrogens is 4. The average molecular weight is 425 g/mol. The summed E-state index contributed by atoms with van der Waals surface area (Å²) in [6, 6.07) is 10.9. The number of hydrogen-bond acceptors (Lipinski definition) is 9. The lowest BCUT2D eigenvalue weighted by molar-refractivity contribution is -0.134. The van der Waals surface area contributed by atoms with Gasteiger partial charge in [0, 0.05) is 12.1 Å². The number of benzene rings is 1. The molecule has 3 heterocycles. The third-order valence-corrected chi connectivity index (χ3v) is 5.05. The standard InChI is InChI=1S/C20H19N5O4S/c1-2-9-25(11-17-22-24-20(29-17)16-4-3-10-30-16)18(26)12-27-15-7-5-14(6-8-15)19-23-21-13-28-19/h3-8,10,13H,2,9,11-12H2,1H3. The van der Waals surface area contributed by atoms with Crippen LogP contribution in [0, 0.1) is 0 Å². The zero-order valence-corrected chi connectivity index (χ0v) is 17.0. The quantitative estimate of drug-likeness (QED) is 0.400. The monoisotopic (exact) mass is 425 g/mol. The minimum absolute atomic E-state index is 0.0914. The highest BCUT2D eigenvalue weighted by Crippen LogP contribution is 2.23. The molecule has 4 aromatic rings. The summed E-state index contributed by atoms with van der Waals surface area (Å²) in [5.41, 5.74) is 0.775. The number of carbonyl (C=O) groups excluding carboxylic acids is 1. The second kappa shape index (κ2) is 9.31. The molecule has 4 rings (SSSR count). The smallest absolute Gasteiger partial charge is 0.260 e. The Balaban J connectivity index is 1.35. The molecule has 0 saturated heterocycles. The summed E-state index contributed by atoms with van der Waals surface area (Å²) in [6.07, 6.45) is 2.07. The Bertz CT molecular complexity index is 1060. The van der Waals surface area contributed by atoms with Gasteiger partial charge in [0.2, 0.25) is 18.2 Å². The first-order chi connectivity index (χ1) is 14.7. The third-order valence-electron chi connectivity index (χ3n) is 4.19. The Hall–Kier alpha value is -3.53. The van der Waals surface area contributed by atoms with Gasteiger partial charge in [-0.05, 0) is 42.1 Å². The summed E-state index contributed by atoms with van der Waals surface area (Å²) >= 11 is 1.52. The van der Waals surface area contributed by atoms with Crippen molar-refractivity contribution in [3.63, 3.8) is 0 Å². The van der Waals surface area contributed by atoms with Crippen molar-refractivity contribution in [2.45, 2.75) is 19.9 Å². The van der Waals surface area contributed by atoms with E-state index in [1.54, 1.807) is 29.2 Å². The largest absolute Gasteiger partial charge is 0.484 e. The van der Waals surface area contributed by atoms with Crippen molar-refractivity contribution in [2.24, 2.45) is 0 Å². The number of nitrogens with zero attached hydrogens (tertiary/aromatic N) is 5. The SMILES string of the molecule is CCCN(Cc1nnc(-c2cccs2)o1)C(=O)COc1ccc(-c2nnco2)cc1. The number of ether oxygens (including phenoxy) is 1. The van der Waals surface area contributed by atoms with E-state index in [1.807, 2.05) is 24.4 Å². The van der Waals surface area contributed by atoms with Crippen molar-refractivity contribution in [1.82, 2.24) is 25.3 Å². The lowest BCUT2D eigenvalue weighted by Gasteiger charge is -2.20. The number of carbonyl (C=O) groups is 1. The molecule has 0 spiro atoms. The third kappa shape index (κ3) is 4.71. The van der Waals surface area contributed by atoms with E-state index >= 15 is 0 Å². The van der Waals surface area contributed by atoms with Crippen LogP contribution in [0.15, 0.2) is 57.0 Å². The van der Waals surface area contributed by atoms with E-state index in [-0.39, 0.29) is 19.1 Å². The molecule has 154 valence electrons. The van der Waals surface area contributed by atoms with Gasteiger partial charge in [-0.2, -0.15) is 0 Å². The molecule has 0 radical (unpaired) electrons. The van der Waals surface area contributed by atoms with E-state index in [0.29, 0.717) is 30.0 Å². The van der Waals surface area contributed by atoms with E-state index in [4.69, 9.17) is 13.6 Å². The van der Waals surface area contributed by atoms with Gasteiger partial charge in [0.15, 0.2) is 6.61 Å². The van der Waals surface area contributed by atoms with Crippen LogP contribution in [0.4, 0.5) is 0 Å². The molecule has 30 heavy (non-hydrogen) atoms. The molecular formula is C20H19N5O4S. The first kappa shape index (κ1) is 19.8. The number of rotatable bonds is 9. The maximum atomic E-state index is 12.7. The summed E-state index contributed by atoms with van der Waals surface area (Å²) in [5.74, 6) is 1.69. The van der Waals surface area contributed by atoms with Gasteiger partial charge >= 0.3 is 0 Å². The molecular weight excluding hydrogens is 406 g/mol. The fraction of sp³-hybridized carbons (Fsp3) is 0.250. The molecule has 0 unspecified atom stereocenters. The Morgan fingerprint density at radius 1 is 1.13 bits per heavy atom. The van der Waals surface area contributed by atoms with Crippen LogP contribution in [0.25, 0.3) is 22.2 Å². The average Bonchev–Trinajstić information content (AvgIpc) is 3.54. The Labute approximate surface area is 176 Å². The lowest BCUT2D eigenvalue weighted by Crippen LogP contribution is -2.35. The van der Waals surface area contributed by atoms with Crippen LogP contribution >= 0.6 is 11.3 Å². The Kier molecular flexibility index (Phi) is 6.14. The molecule has 0 aliphatic rings. The lowest BCUT2D eigenvalue weighted by atomic mass is 10.2. The first-order valence-corrected chi connectivity index (χ1v) is 10.2. The van der Waals surface area contributed by atoms with Crippen LogP contribution in [0.5, 0.6) is 5.75 Å². The van der Waals surface area contributed by atoms with Gasteiger partial charge in [0.25, 0.3) is 11.8 Å². The highest BCUT2D eigenvalue weighted by Gasteiger charge is 2.18. The van der Waals surface area contributed by atoms with Crippen LogP contribution in [-0.4, -0.2) is 44.4 Å². The zero-order chi connectivity index (χ0) is 20.8. The van der Waals surface area contributed by atoms with Crippen molar-refractivity contribution in [3.8, 4) is 28.0 Å².